The second kappa shape index (κ2) is 9.77. The van der Waals surface area contributed by atoms with Gasteiger partial charge in [0, 0.05) is 37.6 Å². The Labute approximate surface area is 154 Å². The second-order valence-corrected chi connectivity index (χ2v) is 6.20. The lowest BCUT2D eigenvalue weighted by atomic mass is 10.2. The molecule has 1 aliphatic heterocycles. The molecule has 6 nitrogen and oxygen atoms in total. The summed E-state index contributed by atoms with van der Waals surface area (Å²) >= 11 is 0. The van der Waals surface area contributed by atoms with Crippen molar-refractivity contribution in [2.24, 2.45) is 0 Å². The summed E-state index contributed by atoms with van der Waals surface area (Å²) in [4.78, 5) is 23.7. The Balaban J connectivity index is 1.27. The number of hydrogen-bond donors (Lipinski definition) is 0. The molecule has 26 heavy (non-hydrogen) atoms. The standard InChI is InChI=1S/C20H25N3O3/c24-20(8-4-5-17-25-19-6-2-1-3-7-19)26-23-15-13-22(14-16-23)18-9-11-21-12-10-18/h1-3,6-7,9-12H,4-5,8,13-17H2. The van der Waals surface area contributed by atoms with E-state index in [1.54, 1.807) is 17.5 Å². The highest BCUT2D eigenvalue weighted by atomic mass is 16.7. The molecule has 0 aliphatic carbocycles. The summed E-state index contributed by atoms with van der Waals surface area (Å²) < 4.78 is 5.62. The molecule has 1 aromatic heterocycles. The van der Waals surface area contributed by atoms with Gasteiger partial charge in [-0.1, -0.05) is 18.2 Å². The van der Waals surface area contributed by atoms with E-state index in [2.05, 4.69) is 9.88 Å². The van der Waals surface area contributed by atoms with E-state index in [-0.39, 0.29) is 5.97 Å². The van der Waals surface area contributed by atoms with Gasteiger partial charge in [0.25, 0.3) is 0 Å². The maximum atomic E-state index is 12.0. The van der Waals surface area contributed by atoms with Crippen LogP contribution in [0.1, 0.15) is 19.3 Å². The molecule has 0 unspecified atom stereocenters. The van der Waals surface area contributed by atoms with E-state index in [0.717, 1.165) is 37.4 Å². The van der Waals surface area contributed by atoms with E-state index in [4.69, 9.17) is 9.57 Å². The number of benzene rings is 1. The van der Waals surface area contributed by atoms with Crippen LogP contribution in [0.15, 0.2) is 54.9 Å². The van der Waals surface area contributed by atoms with Gasteiger partial charge >= 0.3 is 5.97 Å². The first-order valence-corrected chi connectivity index (χ1v) is 9.10. The smallest absolute Gasteiger partial charge is 0.325 e. The largest absolute Gasteiger partial charge is 0.494 e. The molecule has 138 valence electrons. The highest BCUT2D eigenvalue weighted by Gasteiger charge is 2.20. The third kappa shape index (κ3) is 5.74. The zero-order valence-electron chi connectivity index (χ0n) is 14.9. The number of rotatable bonds is 8. The number of aromatic nitrogens is 1. The first kappa shape index (κ1) is 18.2. The van der Waals surface area contributed by atoms with Crippen LogP contribution in [0.2, 0.25) is 0 Å². The quantitative estimate of drug-likeness (QED) is 0.679. The summed E-state index contributed by atoms with van der Waals surface area (Å²) in [6.45, 7) is 3.71. The monoisotopic (exact) mass is 355 g/mol. The van der Waals surface area contributed by atoms with Gasteiger partial charge in [-0.05, 0) is 37.1 Å². The van der Waals surface area contributed by atoms with Crippen molar-refractivity contribution in [2.45, 2.75) is 19.3 Å². The van der Waals surface area contributed by atoms with Crippen LogP contribution in [0, 0.1) is 0 Å². The molecular formula is C20H25N3O3. The zero-order chi connectivity index (χ0) is 18.0. The van der Waals surface area contributed by atoms with E-state index in [1.165, 1.54) is 0 Å². The van der Waals surface area contributed by atoms with Gasteiger partial charge < -0.3 is 14.5 Å². The fourth-order valence-electron chi connectivity index (χ4n) is 2.86. The van der Waals surface area contributed by atoms with Crippen LogP contribution < -0.4 is 9.64 Å². The number of nitrogens with zero attached hydrogens (tertiary/aromatic N) is 3. The minimum Gasteiger partial charge on any atom is -0.494 e. The van der Waals surface area contributed by atoms with Gasteiger partial charge in [-0.25, -0.2) is 0 Å². The van der Waals surface area contributed by atoms with Crippen molar-refractivity contribution in [1.29, 1.82) is 0 Å². The van der Waals surface area contributed by atoms with Gasteiger partial charge in [-0.2, -0.15) is 0 Å². The number of hydrogen-bond acceptors (Lipinski definition) is 6. The Morgan fingerprint density at radius 2 is 1.69 bits per heavy atom. The van der Waals surface area contributed by atoms with Gasteiger partial charge in [0.1, 0.15) is 5.75 Å². The average Bonchev–Trinajstić information content (AvgIpc) is 2.70. The van der Waals surface area contributed by atoms with Gasteiger partial charge in [-0.3, -0.25) is 9.78 Å². The summed E-state index contributed by atoms with van der Waals surface area (Å²) in [6.07, 6.45) is 5.61. The predicted molar refractivity (Wildman–Crippen MR) is 99.9 cm³/mol. The third-order valence-electron chi connectivity index (χ3n) is 4.28. The van der Waals surface area contributed by atoms with Crippen molar-refractivity contribution in [3.05, 3.63) is 54.9 Å². The van der Waals surface area contributed by atoms with Gasteiger partial charge in [-0.15, -0.1) is 5.06 Å². The number of unbranched alkanes of at least 4 members (excludes halogenated alkanes) is 1. The van der Waals surface area contributed by atoms with E-state index in [1.807, 2.05) is 42.5 Å². The fraction of sp³-hybridized carbons (Fsp3) is 0.400. The molecule has 0 atom stereocenters. The van der Waals surface area contributed by atoms with Crippen LogP contribution in [-0.4, -0.2) is 48.8 Å². The minimum atomic E-state index is -0.165. The lowest BCUT2D eigenvalue weighted by molar-refractivity contribution is -0.191. The van der Waals surface area contributed by atoms with Crippen LogP contribution in [0.4, 0.5) is 5.69 Å². The molecule has 0 N–H and O–H groups in total. The first-order valence-electron chi connectivity index (χ1n) is 9.10. The van der Waals surface area contributed by atoms with Crippen molar-refractivity contribution >= 4 is 11.7 Å². The topological polar surface area (TPSA) is 54.9 Å². The zero-order valence-corrected chi connectivity index (χ0v) is 14.9. The summed E-state index contributed by atoms with van der Waals surface area (Å²) in [5.41, 5.74) is 1.16. The molecule has 1 aromatic carbocycles. The number of ether oxygens (including phenoxy) is 1. The average molecular weight is 355 g/mol. The summed E-state index contributed by atoms with van der Waals surface area (Å²) in [5, 5.41) is 1.76. The number of anilines is 1. The number of carbonyl (C=O) groups excluding carboxylic acids is 1. The lowest BCUT2D eigenvalue weighted by Crippen LogP contribution is -2.47. The van der Waals surface area contributed by atoms with Crippen molar-refractivity contribution in [3.8, 4) is 5.75 Å². The Morgan fingerprint density at radius 3 is 2.42 bits per heavy atom. The first-order chi connectivity index (χ1) is 12.8. The normalized spacial score (nSPS) is 14.8. The summed E-state index contributed by atoms with van der Waals surface area (Å²) in [7, 11) is 0. The van der Waals surface area contributed by atoms with Crippen LogP contribution in [-0.2, 0) is 9.63 Å². The molecule has 0 radical (unpaired) electrons. The van der Waals surface area contributed by atoms with E-state index in [9.17, 15) is 4.79 Å². The van der Waals surface area contributed by atoms with Gasteiger partial charge in [0.15, 0.2) is 0 Å². The van der Waals surface area contributed by atoms with Crippen LogP contribution in [0.3, 0.4) is 0 Å². The molecule has 3 rings (SSSR count). The summed E-state index contributed by atoms with van der Waals surface area (Å²) in [6, 6.07) is 13.7. The third-order valence-corrected chi connectivity index (χ3v) is 4.28. The highest BCUT2D eigenvalue weighted by molar-refractivity contribution is 5.68. The molecule has 2 heterocycles. The molecular weight excluding hydrogens is 330 g/mol. The number of carbonyl (C=O) groups is 1. The molecule has 0 saturated carbocycles. The molecule has 0 amide bonds. The fourth-order valence-corrected chi connectivity index (χ4v) is 2.86. The molecule has 0 spiro atoms. The minimum absolute atomic E-state index is 0.165. The summed E-state index contributed by atoms with van der Waals surface area (Å²) in [5.74, 6) is 0.698. The van der Waals surface area contributed by atoms with Crippen molar-refractivity contribution in [2.75, 3.05) is 37.7 Å². The van der Waals surface area contributed by atoms with E-state index in [0.29, 0.717) is 26.1 Å². The highest BCUT2D eigenvalue weighted by Crippen LogP contribution is 2.15. The SMILES string of the molecule is O=C(CCCCOc1ccccc1)ON1CCN(c2ccncc2)CC1. The number of para-hydroxylation sites is 1. The molecule has 2 aromatic rings. The van der Waals surface area contributed by atoms with Crippen molar-refractivity contribution in [3.63, 3.8) is 0 Å². The van der Waals surface area contributed by atoms with Crippen LogP contribution >= 0.6 is 0 Å². The van der Waals surface area contributed by atoms with E-state index >= 15 is 0 Å². The van der Waals surface area contributed by atoms with Crippen LogP contribution in [0.25, 0.3) is 0 Å². The lowest BCUT2D eigenvalue weighted by Gasteiger charge is -2.34. The van der Waals surface area contributed by atoms with Crippen LogP contribution in [0.5, 0.6) is 5.75 Å². The predicted octanol–water partition coefficient (Wildman–Crippen LogP) is 2.91. The molecule has 1 saturated heterocycles. The number of piperazine rings is 1. The Morgan fingerprint density at radius 1 is 0.962 bits per heavy atom. The van der Waals surface area contributed by atoms with Gasteiger partial charge in [0.05, 0.1) is 19.7 Å². The Bertz CT molecular complexity index is 659. The number of hydroxylamine groups is 2. The van der Waals surface area contributed by atoms with Crippen molar-refractivity contribution in [1.82, 2.24) is 10.0 Å². The number of pyridine rings is 1. The Hall–Kier alpha value is -2.60. The maximum Gasteiger partial charge on any atom is 0.325 e. The second-order valence-electron chi connectivity index (χ2n) is 6.20. The molecule has 6 heteroatoms. The molecule has 0 bridgehead atoms. The molecule has 1 aliphatic rings. The van der Waals surface area contributed by atoms with Gasteiger partial charge in [0.2, 0.25) is 0 Å². The molecule has 1 fully saturated rings. The van der Waals surface area contributed by atoms with E-state index < -0.39 is 0 Å². The Kier molecular flexibility index (Phi) is 6.84. The van der Waals surface area contributed by atoms with Crippen molar-refractivity contribution < 1.29 is 14.4 Å². The maximum absolute atomic E-state index is 12.0.